The smallest absolute Gasteiger partial charge is 0.304 e. The van der Waals surface area contributed by atoms with Crippen molar-refractivity contribution in [3.8, 4) is 0 Å². The Hall–Kier alpha value is -4.38. The third kappa shape index (κ3) is 6.36. The maximum atomic E-state index is 11.5. The summed E-state index contributed by atoms with van der Waals surface area (Å²) in [6.45, 7) is 0.638. The molecule has 4 aromatic carbocycles. The van der Waals surface area contributed by atoms with Crippen LogP contribution in [0, 0.1) is 0 Å². The molecule has 2 N–H and O–H groups in total. The van der Waals surface area contributed by atoms with Gasteiger partial charge in [0.1, 0.15) is 12.8 Å². The normalized spacial score (nSPS) is 12.1. The van der Waals surface area contributed by atoms with Crippen LogP contribution in [0.1, 0.15) is 40.2 Å². The minimum atomic E-state index is -0.812. The summed E-state index contributed by atoms with van der Waals surface area (Å²) in [6.07, 6.45) is 0.0519. The number of carboxylic acids is 1. The quantitative estimate of drug-likeness (QED) is 0.213. The number of benzene rings is 4. The van der Waals surface area contributed by atoms with Crippen LogP contribution < -0.4 is 5.32 Å². The van der Waals surface area contributed by atoms with E-state index in [0.29, 0.717) is 6.54 Å². The fourth-order valence-electron chi connectivity index (χ4n) is 4.11. The standard InChI is InChI=1S/C30H28N2O3/c1-35-32-30(25-12-6-3-7-13-25)26-14-8-9-22(19-26)21-31-27-17-15-24(16-18-27)28(20-29(33)34)23-10-4-2-5-11-23/h2-19,28,31H,20-21H2,1H3,(H,33,34). The number of nitrogens with one attached hydrogen (secondary N) is 1. The van der Waals surface area contributed by atoms with E-state index < -0.39 is 5.97 Å². The van der Waals surface area contributed by atoms with Crippen LogP contribution >= 0.6 is 0 Å². The highest BCUT2D eigenvalue weighted by Gasteiger charge is 2.17. The Bertz CT molecular complexity index is 1270. The Morgan fingerprint density at radius 3 is 2.11 bits per heavy atom. The van der Waals surface area contributed by atoms with Gasteiger partial charge in [0.25, 0.3) is 0 Å². The topological polar surface area (TPSA) is 70.9 Å². The maximum Gasteiger partial charge on any atom is 0.304 e. The Morgan fingerprint density at radius 2 is 1.46 bits per heavy atom. The van der Waals surface area contributed by atoms with Crippen LogP contribution in [0.2, 0.25) is 0 Å². The van der Waals surface area contributed by atoms with E-state index in [4.69, 9.17) is 4.84 Å². The number of carbonyl (C=O) groups is 1. The second-order valence-electron chi connectivity index (χ2n) is 8.23. The van der Waals surface area contributed by atoms with Crippen molar-refractivity contribution in [3.63, 3.8) is 0 Å². The average Bonchev–Trinajstić information content (AvgIpc) is 2.90. The Kier molecular flexibility index (Phi) is 7.92. The SMILES string of the molecule is CON=C(c1ccccc1)c1cccc(CNc2ccc(C(CC(=O)O)c3ccccc3)cc2)c1. The predicted molar refractivity (Wildman–Crippen MR) is 140 cm³/mol. The molecule has 0 spiro atoms. The second-order valence-corrected chi connectivity index (χ2v) is 8.23. The lowest BCUT2D eigenvalue weighted by Crippen LogP contribution is -2.08. The highest BCUT2D eigenvalue weighted by molar-refractivity contribution is 6.12. The lowest BCUT2D eigenvalue weighted by Gasteiger charge is -2.17. The zero-order valence-corrected chi connectivity index (χ0v) is 19.6. The molecule has 0 bridgehead atoms. The molecule has 1 unspecified atom stereocenters. The van der Waals surface area contributed by atoms with Crippen LogP contribution in [0.4, 0.5) is 5.69 Å². The molecule has 4 aromatic rings. The molecule has 0 fully saturated rings. The van der Waals surface area contributed by atoms with Crippen molar-refractivity contribution in [2.75, 3.05) is 12.4 Å². The summed E-state index contributed by atoms with van der Waals surface area (Å²) in [7, 11) is 1.55. The lowest BCUT2D eigenvalue weighted by atomic mass is 9.88. The summed E-state index contributed by atoms with van der Waals surface area (Å²) in [5, 5.41) is 17.1. The zero-order chi connectivity index (χ0) is 24.5. The first kappa shape index (κ1) is 23.8. The summed E-state index contributed by atoms with van der Waals surface area (Å²) in [4.78, 5) is 16.6. The number of carboxylic acid groups (broad SMARTS) is 1. The van der Waals surface area contributed by atoms with Crippen molar-refractivity contribution in [2.24, 2.45) is 5.16 Å². The van der Waals surface area contributed by atoms with Crippen LogP contribution in [0.15, 0.2) is 114 Å². The largest absolute Gasteiger partial charge is 0.481 e. The molecule has 0 heterocycles. The Labute approximate surface area is 205 Å². The first-order valence-corrected chi connectivity index (χ1v) is 11.5. The molecule has 35 heavy (non-hydrogen) atoms. The van der Waals surface area contributed by atoms with Crippen molar-refractivity contribution >= 4 is 17.4 Å². The molecule has 0 saturated heterocycles. The van der Waals surface area contributed by atoms with Gasteiger partial charge in [-0.25, -0.2) is 0 Å². The molecule has 0 aliphatic rings. The predicted octanol–water partition coefficient (Wildman–Crippen LogP) is 6.30. The molecule has 176 valence electrons. The van der Waals surface area contributed by atoms with E-state index in [9.17, 15) is 9.90 Å². The number of rotatable bonds is 10. The third-order valence-electron chi connectivity index (χ3n) is 5.82. The van der Waals surface area contributed by atoms with E-state index in [1.807, 2.05) is 97.1 Å². The van der Waals surface area contributed by atoms with Crippen LogP contribution in [0.25, 0.3) is 0 Å². The highest BCUT2D eigenvalue weighted by Crippen LogP contribution is 2.29. The van der Waals surface area contributed by atoms with Gasteiger partial charge in [0.15, 0.2) is 0 Å². The molecule has 0 saturated carbocycles. The molecule has 1 atom stereocenters. The van der Waals surface area contributed by atoms with Gasteiger partial charge in [-0.1, -0.05) is 96.2 Å². The first-order valence-electron chi connectivity index (χ1n) is 11.5. The lowest BCUT2D eigenvalue weighted by molar-refractivity contribution is -0.137. The molecule has 5 nitrogen and oxygen atoms in total. The first-order chi connectivity index (χ1) is 17.1. The molecule has 4 rings (SSSR count). The van der Waals surface area contributed by atoms with Gasteiger partial charge in [-0.2, -0.15) is 0 Å². The number of nitrogens with zero attached hydrogens (tertiary/aromatic N) is 1. The van der Waals surface area contributed by atoms with Gasteiger partial charge in [-0.15, -0.1) is 0 Å². The van der Waals surface area contributed by atoms with E-state index in [0.717, 1.165) is 39.2 Å². The molecular weight excluding hydrogens is 436 g/mol. The molecule has 0 radical (unpaired) electrons. The van der Waals surface area contributed by atoms with Crippen LogP contribution in [-0.2, 0) is 16.2 Å². The highest BCUT2D eigenvalue weighted by atomic mass is 16.6. The van der Waals surface area contributed by atoms with Crippen molar-refractivity contribution in [1.82, 2.24) is 0 Å². The van der Waals surface area contributed by atoms with Gasteiger partial charge >= 0.3 is 5.97 Å². The average molecular weight is 465 g/mol. The van der Waals surface area contributed by atoms with Gasteiger partial charge in [-0.3, -0.25) is 4.79 Å². The van der Waals surface area contributed by atoms with Gasteiger partial charge in [0, 0.05) is 29.3 Å². The van der Waals surface area contributed by atoms with Gasteiger partial charge in [0.2, 0.25) is 0 Å². The summed E-state index contributed by atoms with van der Waals surface area (Å²) in [5.41, 5.74) is 6.81. The molecule has 5 heteroatoms. The fraction of sp³-hybridized carbons (Fsp3) is 0.133. The minimum Gasteiger partial charge on any atom is -0.481 e. The van der Waals surface area contributed by atoms with Crippen molar-refractivity contribution in [2.45, 2.75) is 18.9 Å². The second kappa shape index (κ2) is 11.7. The van der Waals surface area contributed by atoms with Crippen LogP contribution in [0.3, 0.4) is 0 Å². The van der Waals surface area contributed by atoms with Crippen LogP contribution in [0.5, 0.6) is 0 Å². The molecule has 0 amide bonds. The van der Waals surface area contributed by atoms with E-state index >= 15 is 0 Å². The summed E-state index contributed by atoms with van der Waals surface area (Å²) in [5.74, 6) is -0.997. The fourth-order valence-corrected chi connectivity index (χ4v) is 4.11. The summed E-state index contributed by atoms with van der Waals surface area (Å²) < 4.78 is 0. The van der Waals surface area contributed by atoms with Crippen LogP contribution in [-0.4, -0.2) is 23.9 Å². The van der Waals surface area contributed by atoms with Gasteiger partial charge in [-0.05, 0) is 34.9 Å². The van der Waals surface area contributed by atoms with E-state index in [-0.39, 0.29) is 12.3 Å². The zero-order valence-electron chi connectivity index (χ0n) is 19.6. The van der Waals surface area contributed by atoms with Crippen molar-refractivity contribution in [1.29, 1.82) is 0 Å². The summed E-state index contributed by atoms with van der Waals surface area (Å²) >= 11 is 0. The maximum absolute atomic E-state index is 11.5. The molecule has 0 aliphatic heterocycles. The third-order valence-corrected chi connectivity index (χ3v) is 5.82. The monoisotopic (exact) mass is 464 g/mol. The van der Waals surface area contributed by atoms with E-state index in [1.165, 1.54) is 0 Å². The molecule has 0 aliphatic carbocycles. The van der Waals surface area contributed by atoms with Gasteiger partial charge < -0.3 is 15.3 Å². The van der Waals surface area contributed by atoms with Crippen molar-refractivity contribution in [3.05, 3.63) is 137 Å². The number of oxime groups is 1. The number of hydrogen-bond donors (Lipinski definition) is 2. The Morgan fingerprint density at radius 1 is 0.829 bits per heavy atom. The van der Waals surface area contributed by atoms with Gasteiger partial charge in [0.05, 0.1) is 6.42 Å². The number of anilines is 1. The Balaban J connectivity index is 1.47. The number of hydrogen-bond acceptors (Lipinski definition) is 4. The van der Waals surface area contributed by atoms with E-state index in [2.05, 4.69) is 22.6 Å². The van der Waals surface area contributed by atoms with Crippen molar-refractivity contribution < 1.29 is 14.7 Å². The molecular formula is C30H28N2O3. The minimum absolute atomic E-state index is 0.0519. The summed E-state index contributed by atoms with van der Waals surface area (Å²) in [6, 6.07) is 35.9. The molecule has 0 aromatic heterocycles. The van der Waals surface area contributed by atoms with E-state index in [1.54, 1.807) is 7.11 Å². The number of aliphatic carboxylic acids is 1.